The molecule has 1 aromatic heterocycles. The lowest BCUT2D eigenvalue weighted by Crippen LogP contribution is -2.11. The van der Waals surface area contributed by atoms with E-state index in [0.29, 0.717) is 26.9 Å². The fraction of sp³-hybridized carbons (Fsp3) is 0.143. The number of nitrogens with zero attached hydrogens (tertiary/aromatic N) is 3. The number of rotatable bonds is 5. The molecule has 1 heterocycles. The average molecular weight is 454 g/mol. The van der Waals surface area contributed by atoms with Gasteiger partial charge in [0.25, 0.3) is 5.69 Å². The third-order valence-electron chi connectivity index (χ3n) is 4.47. The molecule has 0 aliphatic heterocycles. The number of esters is 1. The lowest BCUT2D eigenvalue weighted by molar-refractivity contribution is -0.384. The number of halogens is 1. The molecule has 0 radical (unpaired) electrons. The summed E-state index contributed by atoms with van der Waals surface area (Å²) in [5, 5.41) is 20.6. The molecular formula is C21H16BrN3O4. The summed E-state index contributed by atoms with van der Waals surface area (Å²) in [4.78, 5) is 23.1. The normalized spacial score (nSPS) is 10.4. The van der Waals surface area contributed by atoms with Crippen LogP contribution in [0.2, 0.25) is 0 Å². The summed E-state index contributed by atoms with van der Waals surface area (Å²) in [5.41, 5.74) is 3.24. The Morgan fingerprint density at radius 2 is 1.86 bits per heavy atom. The molecule has 2 aromatic carbocycles. The Kier molecular flexibility index (Phi) is 5.80. The third kappa shape index (κ3) is 3.77. The molecule has 0 aliphatic rings. The fourth-order valence-electron chi connectivity index (χ4n) is 3.11. The van der Waals surface area contributed by atoms with Gasteiger partial charge in [0.15, 0.2) is 0 Å². The van der Waals surface area contributed by atoms with Gasteiger partial charge in [-0.3, -0.25) is 10.1 Å². The van der Waals surface area contributed by atoms with Gasteiger partial charge in [-0.25, -0.2) is 4.79 Å². The highest BCUT2D eigenvalue weighted by Crippen LogP contribution is 2.36. The van der Waals surface area contributed by atoms with Crippen LogP contribution >= 0.6 is 15.9 Å². The van der Waals surface area contributed by atoms with E-state index in [2.05, 4.69) is 22.0 Å². The highest BCUT2D eigenvalue weighted by Gasteiger charge is 2.26. The Hall–Kier alpha value is -3.44. The van der Waals surface area contributed by atoms with Crippen molar-refractivity contribution in [2.24, 2.45) is 7.05 Å². The van der Waals surface area contributed by atoms with Crippen molar-refractivity contribution in [1.82, 2.24) is 4.57 Å². The monoisotopic (exact) mass is 453 g/mol. The van der Waals surface area contributed by atoms with Gasteiger partial charge in [0.05, 0.1) is 17.1 Å². The number of nitriles is 1. The molecule has 0 saturated heterocycles. The maximum atomic E-state index is 12.5. The van der Waals surface area contributed by atoms with E-state index in [1.54, 1.807) is 54.9 Å². The Labute approximate surface area is 175 Å². The number of nitro groups is 1. The Balaban J connectivity index is 2.10. The maximum Gasteiger partial charge on any atom is 0.355 e. The molecule has 0 aliphatic carbocycles. The molecule has 3 aromatic rings. The number of nitro benzene ring substituents is 1. The van der Waals surface area contributed by atoms with Crippen molar-refractivity contribution in [1.29, 1.82) is 5.26 Å². The number of hydrogen-bond acceptors (Lipinski definition) is 5. The summed E-state index contributed by atoms with van der Waals surface area (Å²) in [6.07, 6.45) is 0. The molecule has 0 unspecified atom stereocenters. The number of benzene rings is 2. The smallest absolute Gasteiger partial charge is 0.355 e. The van der Waals surface area contributed by atoms with E-state index in [0.717, 1.165) is 5.56 Å². The Morgan fingerprint density at radius 1 is 1.21 bits per heavy atom. The van der Waals surface area contributed by atoms with Crippen LogP contribution in [0.25, 0.3) is 22.3 Å². The quantitative estimate of drug-likeness (QED) is 0.304. The summed E-state index contributed by atoms with van der Waals surface area (Å²) in [6, 6.07) is 15.6. The first kappa shape index (κ1) is 20.3. The molecule has 0 bridgehead atoms. The summed E-state index contributed by atoms with van der Waals surface area (Å²) >= 11 is 3.37. The van der Waals surface area contributed by atoms with Crippen LogP contribution < -0.4 is 0 Å². The predicted octanol–water partition coefficient (Wildman–Crippen LogP) is 5.08. The number of carbonyl (C=O) groups excluding carboxylic acids is 1. The molecular weight excluding hydrogens is 438 g/mol. The maximum absolute atomic E-state index is 12.5. The standard InChI is InChI=1S/C21H16BrN3O4/c1-3-29-21(26)19-18(17(12-23)20(22)24(19)2)14-9-7-13(8-10-14)15-5-4-6-16(11-15)25(27)28/h4-11H,3H2,1-2H3. The molecule has 3 rings (SSSR count). The average Bonchev–Trinajstić information content (AvgIpc) is 2.98. The molecule has 146 valence electrons. The van der Waals surface area contributed by atoms with Gasteiger partial charge in [-0.2, -0.15) is 5.26 Å². The van der Waals surface area contributed by atoms with Crippen LogP contribution in [0, 0.1) is 21.4 Å². The van der Waals surface area contributed by atoms with Crippen LogP contribution in [0.4, 0.5) is 5.69 Å². The second kappa shape index (κ2) is 8.29. The van der Waals surface area contributed by atoms with Crippen molar-refractivity contribution in [2.75, 3.05) is 6.61 Å². The minimum absolute atomic E-state index is 0.00919. The zero-order valence-electron chi connectivity index (χ0n) is 15.7. The molecule has 8 heteroatoms. The van der Waals surface area contributed by atoms with Crippen molar-refractivity contribution >= 4 is 27.6 Å². The summed E-state index contributed by atoms with van der Waals surface area (Å²) in [6.45, 7) is 1.93. The van der Waals surface area contributed by atoms with Gasteiger partial charge in [-0.15, -0.1) is 0 Å². The van der Waals surface area contributed by atoms with Crippen LogP contribution in [0.1, 0.15) is 23.0 Å². The first-order chi connectivity index (χ1) is 13.9. The highest BCUT2D eigenvalue weighted by atomic mass is 79.9. The van der Waals surface area contributed by atoms with Crippen molar-refractivity contribution in [3.63, 3.8) is 0 Å². The summed E-state index contributed by atoms with van der Waals surface area (Å²) in [7, 11) is 1.68. The third-order valence-corrected chi connectivity index (χ3v) is 5.40. The topological polar surface area (TPSA) is 98.2 Å². The van der Waals surface area contributed by atoms with Gasteiger partial charge in [0, 0.05) is 24.7 Å². The van der Waals surface area contributed by atoms with E-state index in [1.807, 2.05) is 0 Å². The first-order valence-corrected chi connectivity index (χ1v) is 9.49. The van der Waals surface area contributed by atoms with E-state index in [1.165, 1.54) is 12.1 Å². The van der Waals surface area contributed by atoms with Gasteiger partial charge in [0.2, 0.25) is 0 Å². The number of carbonyl (C=O) groups is 1. The number of aromatic nitrogens is 1. The van der Waals surface area contributed by atoms with Gasteiger partial charge in [-0.05, 0) is 39.5 Å². The van der Waals surface area contributed by atoms with E-state index < -0.39 is 10.9 Å². The predicted molar refractivity (Wildman–Crippen MR) is 111 cm³/mol. The minimum atomic E-state index is -0.519. The zero-order valence-corrected chi connectivity index (χ0v) is 17.3. The van der Waals surface area contributed by atoms with Crippen molar-refractivity contribution < 1.29 is 14.5 Å². The van der Waals surface area contributed by atoms with Crippen molar-refractivity contribution in [2.45, 2.75) is 6.92 Å². The molecule has 0 atom stereocenters. The minimum Gasteiger partial charge on any atom is -0.461 e. The second-order valence-electron chi connectivity index (χ2n) is 6.17. The molecule has 0 spiro atoms. The largest absolute Gasteiger partial charge is 0.461 e. The van der Waals surface area contributed by atoms with E-state index in [-0.39, 0.29) is 18.0 Å². The van der Waals surface area contributed by atoms with Crippen LogP contribution in [0.5, 0.6) is 0 Å². The van der Waals surface area contributed by atoms with Crippen molar-refractivity contribution in [3.8, 4) is 28.3 Å². The second-order valence-corrected chi connectivity index (χ2v) is 6.92. The lowest BCUT2D eigenvalue weighted by atomic mass is 9.98. The van der Waals surface area contributed by atoms with E-state index in [4.69, 9.17) is 4.74 Å². The first-order valence-electron chi connectivity index (χ1n) is 8.69. The molecule has 7 nitrogen and oxygen atoms in total. The van der Waals surface area contributed by atoms with Crippen LogP contribution in [0.15, 0.2) is 53.1 Å². The van der Waals surface area contributed by atoms with Gasteiger partial charge in [-0.1, -0.05) is 36.4 Å². The highest BCUT2D eigenvalue weighted by molar-refractivity contribution is 9.10. The molecule has 29 heavy (non-hydrogen) atoms. The number of hydrogen-bond donors (Lipinski definition) is 0. The number of ether oxygens (including phenoxy) is 1. The summed E-state index contributed by atoms with van der Waals surface area (Å²) < 4.78 is 7.23. The molecule has 0 saturated carbocycles. The van der Waals surface area contributed by atoms with E-state index in [9.17, 15) is 20.2 Å². The van der Waals surface area contributed by atoms with Crippen LogP contribution in [0.3, 0.4) is 0 Å². The van der Waals surface area contributed by atoms with Crippen LogP contribution in [-0.2, 0) is 11.8 Å². The van der Waals surface area contributed by atoms with E-state index >= 15 is 0 Å². The van der Waals surface area contributed by atoms with Crippen molar-refractivity contribution in [3.05, 3.63) is 74.5 Å². The summed E-state index contributed by atoms with van der Waals surface area (Å²) in [5.74, 6) is -0.519. The molecule has 0 amide bonds. The zero-order chi connectivity index (χ0) is 21.1. The Bertz CT molecular complexity index is 1140. The molecule has 0 N–H and O–H groups in total. The van der Waals surface area contributed by atoms with Crippen LogP contribution in [-0.4, -0.2) is 22.1 Å². The number of non-ortho nitro benzene ring substituents is 1. The SMILES string of the molecule is CCOC(=O)c1c(-c2ccc(-c3cccc([N+](=O)[O-])c3)cc2)c(C#N)c(Br)n1C. The van der Waals surface area contributed by atoms with Gasteiger partial charge in [0.1, 0.15) is 16.4 Å². The van der Waals surface area contributed by atoms with Gasteiger partial charge >= 0.3 is 5.97 Å². The Morgan fingerprint density at radius 3 is 2.45 bits per heavy atom. The fourth-order valence-corrected chi connectivity index (χ4v) is 3.57. The van der Waals surface area contributed by atoms with Gasteiger partial charge < -0.3 is 9.30 Å². The lowest BCUT2D eigenvalue weighted by Gasteiger charge is -2.08. The molecule has 0 fully saturated rings.